The summed E-state index contributed by atoms with van der Waals surface area (Å²) in [7, 11) is 0. The first kappa shape index (κ1) is 25.5. The minimum absolute atomic E-state index is 0.144. The average molecular weight is 433 g/mol. The molecule has 9 heteroatoms. The molecule has 0 N–H and O–H groups in total. The SMILES string of the molecule is CCCCCCN(CCCCCC)c1cc(F)c(F)c(C(F)(F)C(F)(F)F)c1F. The lowest BCUT2D eigenvalue weighted by Crippen LogP contribution is -2.37. The van der Waals surface area contributed by atoms with Crippen molar-refractivity contribution in [3.8, 4) is 0 Å². The fourth-order valence-corrected chi connectivity index (χ4v) is 3.05. The maximum Gasteiger partial charge on any atom is 0.458 e. The Morgan fingerprint density at radius 1 is 0.724 bits per heavy atom. The van der Waals surface area contributed by atoms with Gasteiger partial charge in [-0.3, -0.25) is 0 Å². The lowest BCUT2D eigenvalue weighted by molar-refractivity contribution is -0.291. The summed E-state index contributed by atoms with van der Waals surface area (Å²) < 4.78 is 108. The fourth-order valence-electron chi connectivity index (χ4n) is 3.05. The van der Waals surface area contributed by atoms with Gasteiger partial charge in [-0.1, -0.05) is 52.4 Å². The van der Waals surface area contributed by atoms with Crippen molar-refractivity contribution >= 4 is 5.69 Å². The number of hydrogen-bond acceptors (Lipinski definition) is 1. The Hall–Kier alpha value is -1.54. The zero-order valence-corrected chi connectivity index (χ0v) is 16.6. The Morgan fingerprint density at radius 2 is 1.21 bits per heavy atom. The van der Waals surface area contributed by atoms with Gasteiger partial charge in [0.1, 0.15) is 5.56 Å². The number of benzene rings is 1. The molecule has 0 amide bonds. The van der Waals surface area contributed by atoms with Gasteiger partial charge in [0.2, 0.25) is 0 Å². The molecular formula is C20H27F8N. The zero-order valence-electron chi connectivity index (χ0n) is 16.6. The highest BCUT2D eigenvalue weighted by Gasteiger charge is 2.62. The number of hydrogen-bond donors (Lipinski definition) is 0. The lowest BCUT2D eigenvalue weighted by Gasteiger charge is -2.28. The first-order valence-electron chi connectivity index (χ1n) is 9.86. The Morgan fingerprint density at radius 3 is 1.62 bits per heavy atom. The predicted octanol–water partition coefficient (Wildman–Crippen LogP) is 7.73. The Balaban J connectivity index is 3.32. The summed E-state index contributed by atoms with van der Waals surface area (Å²) in [4.78, 5) is 1.24. The predicted molar refractivity (Wildman–Crippen MR) is 96.8 cm³/mol. The summed E-state index contributed by atoms with van der Waals surface area (Å²) in [5, 5.41) is 0. The monoisotopic (exact) mass is 433 g/mol. The van der Waals surface area contributed by atoms with Crippen LogP contribution in [0.1, 0.15) is 70.8 Å². The lowest BCUT2D eigenvalue weighted by atomic mass is 10.0. The van der Waals surface area contributed by atoms with Crippen LogP contribution in [0.15, 0.2) is 6.07 Å². The van der Waals surface area contributed by atoms with Crippen molar-refractivity contribution in [2.75, 3.05) is 18.0 Å². The number of anilines is 1. The fraction of sp³-hybridized carbons (Fsp3) is 0.700. The molecule has 1 aromatic carbocycles. The second-order valence-electron chi connectivity index (χ2n) is 7.06. The highest BCUT2D eigenvalue weighted by atomic mass is 19.4. The van der Waals surface area contributed by atoms with Crippen molar-refractivity contribution in [2.45, 2.75) is 77.3 Å². The van der Waals surface area contributed by atoms with Gasteiger partial charge in [0.15, 0.2) is 17.5 Å². The van der Waals surface area contributed by atoms with Gasteiger partial charge >= 0.3 is 12.1 Å². The molecule has 0 aliphatic carbocycles. The van der Waals surface area contributed by atoms with E-state index < -0.39 is 40.8 Å². The maximum absolute atomic E-state index is 14.7. The minimum Gasteiger partial charge on any atom is -0.369 e. The summed E-state index contributed by atoms with van der Waals surface area (Å²) in [6, 6.07) is 0.361. The molecule has 0 aliphatic heterocycles. The number of rotatable bonds is 12. The van der Waals surface area contributed by atoms with Gasteiger partial charge in [0, 0.05) is 19.2 Å². The number of alkyl halides is 5. The van der Waals surface area contributed by atoms with E-state index in [0.29, 0.717) is 18.9 Å². The largest absolute Gasteiger partial charge is 0.458 e. The van der Waals surface area contributed by atoms with E-state index in [1.807, 2.05) is 13.8 Å². The molecule has 168 valence electrons. The standard InChI is InChI=1S/C20H27F8N/c1-3-5-7-9-11-29(12-10-8-6-4-2)15-13-14(21)17(22)16(18(15)23)19(24,25)20(26,27)28/h13H,3-12H2,1-2H3. The van der Waals surface area contributed by atoms with E-state index in [1.165, 1.54) is 4.90 Å². The molecule has 0 fully saturated rings. The zero-order chi connectivity index (χ0) is 22.2. The molecule has 1 rings (SSSR count). The van der Waals surface area contributed by atoms with Crippen LogP contribution in [0.5, 0.6) is 0 Å². The number of unbranched alkanes of at least 4 members (excludes halogenated alkanes) is 6. The quantitative estimate of drug-likeness (QED) is 0.185. The summed E-state index contributed by atoms with van der Waals surface area (Å²) >= 11 is 0. The first-order valence-corrected chi connectivity index (χ1v) is 9.86. The molecule has 0 radical (unpaired) electrons. The van der Waals surface area contributed by atoms with Crippen LogP contribution in [0, 0.1) is 17.5 Å². The molecule has 0 unspecified atom stereocenters. The van der Waals surface area contributed by atoms with Crippen molar-refractivity contribution < 1.29 is 35.1 Å². The Bertz CT molecular complexity index is 630. The van der Waals surface area contributed by atoms with E-state index in [1.54, 1.807) is 0 Å². The third kappa shape index (κ3) is 6.47. The summed E-state index contributed by atoms with van der Waals surface area (Å²) in [5.74, 6) is -12.4. The maximum atomic E-state index is 14.7. The molecule has 0 atom stereocenters. The smallest absolute Gasteiger partial charge is 0.369 e. The van der Waals surface area contributed by atoms with Gasteiger partial charge in [0.05, 0.1) is 5.69 Å². The highest BCUT2D eigenvalue weighted by molar-refractivity contribution is 5.52. The molecule has 0 saturated heterocycles. The number of nitrogens with zero attached hydrogens (tertiary/aromatic N) is 1. The molecule has 0 aromatic heterocycles. The van der Waals surface area contributed by atoms with Crippen molar-refractivity contribution in [1.82, 2.24) is 0 Å². The summed E-state index contributed by atoms with van der Waals surface area (Å²) in [5.41, 5.74) is -3.36. The van der Waals surface area contributed by atoms with Crippen LogP contribution in [-0.4, -0.2) is 19.3 Å². The first-order chi connectivity index (χ1) is 13.5. The Labute approximate surface area is 166 Å². The van der Waals surface area contributed by atoms with Crippen molar-refractivity contribution in [3.05, 3.63) is 29.1 Å². The van der Waals surface area contributed by atoms with Gasteiger partial charge in [0.25, 0.3) is 0 Å². The van der Waals surface area contributed by atoms with Gasteiger partial charge in [-0.15, -0.1) is 0 Å². The van der Waals surface area contributed by atoms with Gasteiger partial charge in [-0.25, -0.2) is 13.2 Å². The van der Waals surface area contributed by atoms with E-state index in [4.69, 9.17) is 0 Å². The van der Waals surface area contributed by atoms with Gasteiger partial charge in [-0.2, -0.15) is 22.0 Å². The second kappa shape index (κ2) is 11.0. The molecular weight excluding hydrogens is 406 g/mol. The number of halogens is 8. The van der Waals surface area contributed by atoms with Crippen molar-refractivity contribution in [1.29, 1.82) is 0 Å². The molecule has 1 aromatic rings. The van der Waals surface area contributed by atoms with E-state index >= 15 is 0 Å². The highest BCUT2D eigenvalue weighted by Crippen LogP contribution is 2.47. The molecule has 0 bridgehead atoms. The topological polar surface area (TPSA) is 3.24 Å². The molecule has 0 heterocycles. The van der Waals surface area contributed by atoms with E-state index in [0.717, 1.165) is 38.5 Å². The second-order valence-corrected chi connectivity index (χ2v) is 7.06. The summed E-state index contributed by atoms with van der Waals surface area (Å²) in [6.45, 7) is 4.21. The third-order valence-corrected chi connectivity index (χ3v) is 4.71. The molecule has 0 spiro atoms. The van der Waals surface area contributed by atoms with Crippen molar-refractivity contribution in [2.24, 2.45) is 0 Å². The van der Waals surface area contributed by atoms with Crippen LogP contribution in [0.25, 0.3) is 0 Å². The van der Waals surface area contributed by atoms with Crippen LogP contribution in [0.2, 0.25) is 0 Å². The minimum atomic E-state index is -6.26. The van der Waals surface area contributed by atoms with Crippen LogP contribution in [0.4, 0.5) is 40.8 Å². The average Bonchev–Trinajstić information content (AvgIpc) is 2.62. The Kier molecular flexibility index (Phi) is 9.68. The molecule has 0 aliphatic rings. The van der Waals surface area contributed by atoms with Crippen LogP contribution >= 0.6 is 0 Å². The van der Waals surface area contributed by atoms with E-state index in [-0.39, 0.29) is 13.1 Å². The van der Waals surface area contributed by atoms with Crippen LogP contribution < -0.4 is 4.90 Å². The normalized spacial score (nSPS) is 12.5. The molecule has 0 saturated carbocycles. The molecule has 1 nitrogen and oxygen atoms in total. The van der Waals surface area contributed by atoms with Crippen LogP contribution in [-0.2, 0) is 5.92 Å². The van der Waals surface area contributed by atoms with Crippen LogP contribution in [0.3, 0.4) is 0 Å². The third-order valence-electron chi connectivity index (χ3n) is 4.71. The van der Waals surface area contributed by atoms with Gasteiger partial charge in [-0.05, 0) is 12.8 Å². The molecule has 29 heavy (non-hydrogen) atoms. The van der Waals surface area contributed by atoms with E-state index in [2.05, 4.69) is 0 Å². The summed E-state index contributed by atoms with van der Waals surface area (Å²) in [6.07, 6.45) is -0.223. The van der Waals surface area contributed by atoms with E-state index in [9.17, 15) is 35.1 Å². The van der Waals surface area contributed by atoms with Gasteiger partial charge < -0.3 is 4.90 Å². The van der Waals surface area contributed by atoms with Crippen molar-refractivity contribution in [3.63, 3.8) is 0 Å².